The molecule has 0 bridgehead atoms. The summed E-state index contributed by atoms with van der Waals surface area (Å²) >= 11 is 0. The zero-order chi connectivity index (χ0) is 30.7. The predicted molar refractivity (Wildman–Crippen MR) is 169 cm³/mol. The van der Waals surface area contributed by atoms with Crippen LogP contribution in [-0.4, -0.2) is 34.1 Å². The monoisotopic (exact) mass is 588 g/mol. The molecule has 2 saturated carbocycles. The summed E-state index contributed by atoms with van der Waals surface area (Å²) in [5.41, 5.74) is 1.46. The second-order valence-corrected chi connectivity index (χ2v) is 14.2. The van der Waals surface area contributed by atoms with Crippen LogP contribution >= 0.6 is 0 Å². The molecule has 0 radical (unpaired) electrons. The van der Waals surface area contributed by atoms with Crippen molar-refractivity contribution in [2.45, 2.75) is 117 Å². The Balaban J connectivity index is 1.35. The van der Waals surface area contributed by atoms with Gasteiger partial charge in [-0.1, -0.05) is 66.4 Å². The second-order valence-electron chi connectivity index (χ2n) is 14.2. The molecule has 0 spiro atoms. The van der Waals surface area contributed by atoms with Crippen molar-refractivity contribution in [1.82, 2.24) is 10.3 Å². The van der Waals surface area contributed by atoms with Crippen molar-refractivity contribution in [1.29, 1.82) is 0 Å². The molecule has 2 aromatic heterocycles. The summed E-state index contributed by atoms with van der Waals surface area (Å²) in [6.45, 7) is 11.0. The predicted octanol–water partition coefficient (Wildman–Crippen LogP) is 8.09. The van der Waals surface area contributed by atoms with Crippen molar-refractivity contribution in [3.63, 3.8) is 0 Å². The molecule has 0 saturated heterocycles. The van der Waals surface area contributed by atoms with E-state index < -0.39 is 17.9 Å². The zero-order valence-electron chi connectivity index (χ0n) is 26.4. The highest BCUT2D eigenvalue weighted by Crippen LogP contribution is 2.39. The third-order valence-corrected chi connectivity index (χ3v) is 9.53. The number of nitrogens with one attached hydrogen (secondary N) is 1. The summed E-state index contributed by atoms with van der Waals surface area (Å²) < 4.78 is 12.3. The van der Waals surface area contributed by atoms with Gasteiger partial charge in [-0.15, -0.1) is 0 Å². The fraction of sp³-hybridized carbons (Fsp3) is 0.583. The van der Waals surface area contributed by atoms with Gasteiger partial charge in [0.25, 0.3) is 5.91 Å². The Kier molecular flexibility index (Phi) is 9.48. The maximum absolute atomic E-state index is 13.4. The van der Waals surface area contributed by atoms with Crippen molar-refractivity contribution >= 4 is 22.6 Å². The molecule has 7 nitrogen and oxygen atoms in total. The van der Waals surface area contributed by atoms with Crippen LogP contribution in [0.1, 0.15) is 120 Å². The van der Waals surface area contributed by atoms with E-state index in [4.69, 9.17) is 14.1 Å². The summed E-state index contributed by atoms with van der Waals surface area (Å²) in [6, 6.07) is 10.4. The molecule has 5 rings (SSSR count). The molecule has 7 heteroatoms. The van der Waals surface area contributed by atoms with E-state index in [-0.39, 0.29) is 24.1 Å². The van der Waals surface area contributed by atoms with Gasteiger partial charge in [0.2, 0.25) is 0 Å². The fourth-order valence-corrected chi connectivity index (χ4v) is 6.82. The first kappa shape index (κ1) is 31.1. The summed E-state index contributed by atoms with van der Waals surface area (Å²) in [5, 5.41) is 14.5. The molecule has 1 amide bonds. The average molecular weight is 589 g/mol. The number of hydrogen-bond donors (Lipinski definition) is 2. The van der Waals surface area contributed by atoms with Crippen LogP contribution in [0.2, 0.25) is 0 Å². The van der Waals surface area contributed by atoms with E-state index in [1.165, 1.54) is 25.7 Å². The third-order valence-electron chi connectivity index (χ3n) is 9.53. The molecular formula is C36H48N2O5. The number of hydrogen-bond acceptors (Lipinski definition) is 5. The van der Waals surface area contributed by atoms with E-state index in [1.54, 1.807) is 12.1 Å². The summed E-state index contributed by atoms with van der Waals surface area (Å²) in [6.07, 6.45) is 10.3. The zero-order valence-corrected chi connectivity index (χ0v) is 26.4. The highest BCUT2D eigenvalue weighted by atomic mass is 16.5. The first-order chi connectivity index (χ1) is 20.5. The van der Waals surface area contributed by atoms with Gasteiger partial charge in [0.1, 0.15) is 29.0 Å². The maximum Gasteiger partial charge on any atom is 0.326 e. The van der Waals surface area contributed by atoms with Crippen LogP contribution in [0.5, 0.6) is 5.75 Å². The minimum atomic E-state index is -1.13. The van der Waals surface area contributed by atoms with E-state index in [2.05, 4.69) is 32.2 Å². The average Bonchev–Trinajstić information content (AvgIpc) is 3.65. The van der Waals surface area contributed by atoms with Crippen LogP contribution in [0.15, 0.2) is 40.8 Å². The molecule has 2 heterocycles. The highest BCUT2D eigenvalue weighted by molar-refractivity contribution is 5.99. The number of carboxylic acid groups (broad SMARTS) is 1. The van der Waals surface area contributed by atoms with E-state index in [1.807, 2.05) is 32.0 Å². The third kappa shape index (κ3) is 7.79. The van der Waals surface area contributed by atoms with E-state index >= 15 is 0 Å². The number of pyridine rings is 1. The number of furan rings is 1. The fourth-order valence-electron chi connectivity index (χ4n) is 6.82. The second kappa shape index (κ2) is 13.1. The summed E-state index contributed by atoms with van der Waals surface area (Å²) in [5.74, 6) is 2.03. The van der Waals surface area contributed by atoms with Gasteiger partial charge in [-0.3, -0.25) is 4.79 Å². The largest absolute Gasteiger partial charge is 0.490 e. The van der Waals surface area contributed by atoms with E-state index in [0.717, 1.165) is 66.0 Å². The number of fused-ring (bicyclic) bond motifs is 1. The van der Waals surface area contributed by atoms with Gasteiger partial charge in [0.05, 0.1) is 6.10 Å². The van der Waals surface area contributed by atoms with E-state index in [9.17, 15) is 14.7 Å². The summed E-state index contributed by atoms with van der Waals surface area (Å²) in [7, 11) is 0. The number of aliphatic carboxylic acids is 1. The molecular weight excluding hydrogens is 540 g/mol. The number of carboxylic acids is 1. The van der Waals surface area contributed by atoms with Gasteiger partial charge in [-0.2, -0.15) is 0 Å². The molecule has 2 N–H and O–H groups in total. The Morgan fingerprint density at radius 1 is 1.02 bits per heavy atom. The molecule has 1 aromatic carbocycles. The van der Waals surface area contributed by atoms with Crippen LogP contribution in [-0.2, 0) is 17.6 Å². The minimum Gasteiger partial charge on any atom is -0.490 e. The standard InChI is InChI=1S/C36H48N2O5/c1-22(2)33-17-16-28(43-33)21-32(35(40)41)38-34(39)31-19-24-10-13-27(42-26-14-11-25(12-15-26)36(3,4)5)20-29(24)30(37-31)18-23-8-6-7-9-23/h10,13,16-17,19-20,22-23,25-26,32H,6-9,11-12,14-15,18,21H2,1-5H3,(H,38,39)(H,40,41)/t25?,26?,32-/m0/s1. The Labute approximate surface area is 255 Å². The van der Waals surface area contributed by atoms with Gasteiger partial charge in [-0.25, -0.2) is 9.78 Å². The number of aromatic nitrogens is 1. The van der Waals surface area contributed by atoms with Gasteiger partial charge in [-0.05, 0) is 85.1 Å². The quantitative estimate of drug-likeness (QED) is 0.248. The minimum absolute atomic E-state index is 0.0642. The number of nitrogens with zero attached hydrogens (tertiary/aromatic N) is 1. The molecule has 2 fully saturated rings. The number of carbonyl (C=O) groups is 2. The molecule has 3 aromatic rings. The molecule has 232 valence electrons. The molecule has 0 aliphatic heterocycles. The van der Waals surface area contributed by atoms with Crippen molar-refractivity contribution in [3.8, 4) is 5.75 Å². The Hall–Kier alpha value is -3.35. The Morgan fingerprint density at radius 3 is 2.37 bits per heavy atom. The molecule has 2 aliphatic carbocycles. The SMILES string of the molecule is CC(C)c1ccc(C[C@H](NC(=O)c2cc3ccc(OC4CCC(C(C)(C)C)CC4)cc3c(CC3CCCC3)n2)C(=O)O)o1. The van der Waals surface area contributed by atoms with E-state index in [0.29, 0.717) is 17.1 Å². The van der Waals surface area contributed by atoms with Crippen molar-refractivity contribution in [3.05, 3.63) is 59.3 Å². The molecule has 1 atom stereocenters. The molecule has 43 heavy (non-hydrogen) atoms. The van der Waals surface area contributed by atoms with Crippen LogP contribution in [0.3, 0.4) is 0 Å². The first-order valence-electron chi connectivity index (χ1n) is 16.2. The molecule has 0 unspecified atom stereocenters. The number of amides is 1. The molecule has 2 aliphatic rings. The lowest BCUT2D eigenvalue weighted by atomic mass is 9.72. The Bertz CT molecular complexity index is 1420. The van der Waals surface area contributed by atoms with Crippen LogP contribution in [0, 0.1) is 17.3 Å². The highest BCUT2D eigenvalue weighted by Gasteiger charge is 2.31. The van der Waals surface area contributed by atoms with Crippen LogP contribution in [0.4, 0.5) is 0 Å². The normalized spacial score (nSPS) is 20.4. The lowest BCUT2D eigenvalue weighted by Crippen LogP contribution is -2.42. The maximum atomic E-state index is 13.4. The van der Waals surface area contributed by atoms with Crippen LogP contribution < -0.4 is 10.1 Å². The van der Waals surface area contributed by atoms with Crippen molar-refractivity contribution < 1.29 is 23.8 Å². The number of benzene rings is 1. The lowest BCUT2D eigenvalue weighted by molar-refractivity contribution is -0.139. The lowest BCUT2D eigenvalue weighted by Gasteiger charge is -2.37. The van der Waals surface area contributed by atoms with Crippen LogP contribution in [0.25, 0.3) is 10.8 Å². The van der Waals surface area contributed by atoms with Gasteiger partial charge >= 0.3 is 5.97 Å². The number of carbonyl (C=O) groups excluding carboxylic acids is 1. The topological polar surface area (TPSA) is 102 Å². The number of rotatable bonds is 10. The smallest absolute Gasteiger partial charge is 0.326 e. The van der Waals surface area contributed by atoms with Crippen molar-refractivity contribution in [2.75, 3.05) is 0 Å². The first-order valence-corrected chi connectivity index (χ1v) is 16.2. The Morgan fingerprint density at radius 2 is 1.74 bits per heavy atom. The summed E-state index contributed by atoms with van der Waals surface area (Å²) in [4.78, 5) is 30.4. The van der Waals surface area contributed by atoms with Crippen molar-refractivity contribution in [2.24, 2.45) is 17.3 Å². The number of ether oxygens (including phenoxy) is 1. The van der Waals surface area contributed by atoms with Gasteiger partial charge in [0, 0.05) is 23.4 Å². The van der Waals surface area contributed by atoms with Gasteiger partial charge in [0.15, 0.2) is 0 Å². The van der Waals surface area contributed by atoms with Gasteiger partial charge < -0.3 is 19.6 Å².